The summed E-state index contributed by atoms with van der Waals surface area (Å²) in [5.41, 5.74) is 1.39. The molecule has 2 aromatic carbocycles. The summed E-state index contributed by atoms with van der Waals surface area (Å²) in [4.78, 5) is 0. The summed E-state index contributed by atoms with van der Waals surface area (Å²) in [7, 11) is 0. The highest BCUT2D eigenvalue weighted by molar-refractivity contribution is 6.36. The molecule has 1 N–H and O–H groups in total. The van der Waals surface area contributed by atoms with Crippen LogP contribution in [0.3, 0.4) is 0 Å². The highest BCUT2D eigenvalue weighted by atomic mass is 35.5. The number of anilines is 1. The van der Waals surface area contributed by atoms with Gasteiger partial charge in [-0.15, -0.1) is 0 Å². The zero-order valence-corrected chi connectivity index (χ0v) is 11.5. The van der Waals surface area contributed by atoms with Crippen LogP contribution >= 0.6 is 34.8 Å². The van der Waals surface area contributed by atoms with E-state index in [1.807, 2.05) is 0 Å². The van der Waals surface area contributed by atoms with Crippen LogP contribution in [0.2, 0.25) is 15.1 Å². The van der Waals surface area contributed by atoms with Crippen molar-refractivity contribution in [1.29, 1.82) is 0 Å². The molecule has 0 saturated heterocycles. The quantitative estimate of drug-likeness (QED) is 0.800. The first-order valence-corrected chi connectivity index (χ1v) is 6.33. The van der Waals surface area contributed by atoms with Crippen molar-refractivity contribution in [1.82, 2.24) is 0 Å². The van der Waals surface area contributed by atoms with Gasteiger partial charge in [0.2, 0.25) is 0 Å². The molecule has 94 valence electrons. The molecule has 18 heavy (non-hydrogen) atoms. The lowest BCUT2D eigenvalue weighted by atomic mass is 10.2. The first-order chi connectivity index (χ1) is 8.58. The smallest absolute Gasteiger partial charge is 0.143 e. The average molecular weight is 305 g/mol. The topological polar surface area (TPSA) is 12.0 Å². The maximum Gasteiger partial charge on any atom is 0.143 e. The Balaban J connectivity index is 2.14. The summed E-state index contributed by atoms with van der Waals surface area (Å²) in [5, 5.41) is 4.28. The monoisotopic (exact) mass is 303 g/mol. The Bertz CT molecular complexity index is 552. The lowest BCUT2D eigenvalue weighted by Crippen LogP contribution is -2.01. The fourth-order valence-corrected chi connectivity index (χ4v) is 2.15. The minimum atomic E-state index is -0.466. The molecule has 0 aliphatic rings. The summed E-state index contributed by atoms with van der Waals surface area (Å²) >= 11 is 17.7. The summed E-state index contributed by atoms with van der Waals surface area (Å²) in [6.07, 6.45) is 0. The largest absolute Gasteiger partial charge is 0.381 e. The SMILES string of the molecule is Fc1cc(NCc2c(Cl)cccc2Cl)ccc1Cl. The second-order valence-electron chi connectivity index (χ2n) is 3.68. The Morgan fingerprint density at radius 2 is 1.61 bits per heavy atom. The van der Waals surface area contributed by atoms with Crippen LogP contribution in [0, 0.1) is 5.82 Å². The molecule has 0 aromatic heterocycles. The number of nitrogens with one attached hydrogen (secondary N) is 1. The molecule has 0 aliphatic heterocycles. The lowest BCUT2D eigenvalue weighted by Gasteiger charge is -2.10. The molecule has 0 saturated carbocycles. The van der Waals surface area contributed by atoms with Crippen LogP contribution in [-0.2, 0) is 6.54 Å². The molecular formula is C13H9Cl3FN. The highest BCUT2D eigenvalue weighted by Crippen LogP contribution is 2.26. The van der Waals surface area contributed by atoms with E-state index in [9.17, 15) is 4.39 Å². The predicted octanol–water partition coefficient (Wildman–Crippen LogP) is 5.40. The van der Waals surface area contributed by atoms with Crippen LogP contribution in [0.1, 0.15) is 5.56 Å². The zero-order chi connectivity index (χ0) is 13.1. The van der Waals surface area contributed by atoms with E-state index in [4.69, 9.17) is 34.8 Å². The van der Waals surface area contributed by atoms with Gasteiger partial charge < -0.3 is 5.32 Å². The summed E-state index contributed by atoms with van der Waals surface area (Å²) in [6, 6.07) is 9.80. The third-order valence-electron chi connectivity index (χ3n) is 2.45. The van der Waals surface area contributed by atoms with E-state index in [0.29, 0.717) is 22.3 Å². The Kier molecular flexibility index (Phi) is 4.33. The predicted molar refractivity (Wildman–Crippen MR) is 75.2 cm³/mol. The van der Waals surface area contributed by atoms with Gasteiger partial charge in [-0.2, -0.15) is 0 Å². The standard InChI is InChI=1S/C13H9Cl3FN/c14-10-2-1-3-11(15)9(10)7-18-8-4-5-12(16)13(17)6-8/h1-6,18H,7H2. The third-order valence-corrected chi connectivity index (χ3v) is 3.47. The fourth-order valence-electron chi connectivity index (χ4n) is 1.50. The van der Waals surface area contributed by atoms with Crippen LogP contribution in [0.25, 0.3) is 0 Å². The molecule has 0 bridgehead atoms. The first-order valence-electron chi connectivity index (χ1n) is 5.20. The third kappa shape index (κ3) is 3.08. The highest BCUT2D eigenvalue weighted by Gasteiger charge is 2.06. The summed E-state index contributed by atoms with van der Waals surface area (Å²) in [6.45, 7) is 0.416. The molecule has 2 rings (SSSR count). The lowest BCUT2D eigenvalue weighted by molar-refractivity contribution is 0.628. The van der Waals surface area contributed by atoms with Gasteiger partial charge in [0.15, 0.2) is 0 Å². The molecule has 0 fully saturated rings. The van der Waals surface area contributed by atoms with Crippen molar-refractivity contribution in [2.24, 2.45) is 0 Å². The maximum absolute atomic E-state index is 13.2. The van der Waals surface area contributed by atoms with E-state index < -0.39 is 5.82 Å². The minimum absolute atomic E-state index is 0.0938. The molecule has 5 heteroatoms. The zero-order valence-electron chi connectivity index (χ0n) is 9.18. The van der Waals surface area contributed by atoms with Gasteiger partial charge >= 0.3 is 0 Å². The van der Waals surface area contributed by atoms with E-state index in [-0.39, 0.29) is 5.02 Å². The molecule has 0 aliphatic carbocycles. The second-order valence-corrected chi connectivity index (χ2v) is 4.90. The van der Waals surface area contributed by atoms with Gasteiger partial charge in [-0.05, 0) is 30.3 Å². The number of halogens is 4. The molecule has 0 heterocycles. The Labute approximate surface area is 119 Å². The van der Waals surface area contributed by atoms with E-state index in [1.54, 1.807) is 24.3 Å². The van der Waals surface area contributed by atoms with Crippen LogP contribution < -0.4 is 5.32 Å². The Morgan fingerprint density at radius 3 is 2.22 bits per heavy atom. The molecule has 0 amide bonds. The molecule has 1 nitrogen and oxygen atoms in total. The van der Waals surface area contributed by atoms with E-state index in [0.717, 1.165) is 5.56 Å². The molecular weight excluding hydrogens is 296 g/mol. The van der Waals surface area contributed by atoms with E-state index >= 15 is 0 Å². The first kappa shape index (κ1) is 13.5. The van der Waals surface area contributed by atoms with Crippen molar-refractivity contribution < 1.29 is 4.39 Å². The molecule has 0 spiro atoms. The average Bonchev–Trinajstić information content (AvgIpc) is 2.33. The minimum Gasteiger partial charge on any atom is -0.381 e. The van der Waals surface area contributed by atoms with Gasteiger partial charge in [0, 0.05) is 27.8 Å². The fraction of sp³-hybridized carbons (Fsp3) is 0.0769. The number of hydrogen-bond donors (Lipinski definition) is 1. The van der Waals surface area contributed by atoms with Crippen molar-refractivity contribution in [3.63, 3.8) is 0 Å². The molecule has 0 atom stereocenters. The molecule has 0 unspecified atom stereocenters. The normalized spacial score (nSPS) is 10.4. The van der Waals surface area contributed by atoms with Crippen molar-refractivity contribution in [3.8, 4) is 0 Å². The summed E-state index contributed by atoms with van der Waals surface area (Å²) in [5.74, 6) is -0.466. The van der Waals surface area contributed by atoms with E-state index in [1.165, 1.54) is 12.1 Å². The number of benzene rings is 2. The second kappa shape index (κ2) is 5.79. The van der Waals surface area contributed by atoms with Gasteiger partial charge in [0.1, 0.15) is 5.82 Å². The van der Waals surface area contributed by atoms with Crippen molar-refractivity contribution in [2.45, 2.75) is 6.54 Å². The Hall–Kier alpha value is -0.960. The van der Waals surface area contributed by atoms with E-state index in [2.05, 4.69) is 5.32 Å². The number of rotatable bonds is 3. The summed E-state index contributed by atoms with van der Waals surface area (Å²) < 4.78 is 13.2. The molecule has 0 radical (unpaired) electrons. The van der Waals surface area contributed by atoms with Gasteiger partial charge in [-0.3, -0.25) is 0 Å². The van der Waals surface area contributed by atoms with Crippen LogP contribution in [0.5, 0.6) is 0 Å². The van der Waals surface area contributed by atoms with Crippen LogP contribution in [0.15, 0.2) is 36.4 Å². The van der Waals surface area contributed by atoms with Crippen molar-refractivity contribution in [3.05, 3.63) is 62.8 Å². The van der Waals surface area contributed by atoms with Gasteiger partial charge in [0.25, 0.3) is 0 Å². The van der Waals surface area contributed by atoms with Gasteiger partial charge in [-0.25, -0.2) is 4.39 Å². The van der Waals surface area contributed by atoms with Gasteiger partial charge in [-0.1, -0.05) is 40.9 Å². The van der Waals surface area contributed by atoms with Crippen LogP contribution in [-0.4, -0.2) is 0 Å². The molecule has 2 aromatic rings. The van der Waals surface area contributed by atoms with Crippen molar-refractivity contribution in [2.75, 3.05) is 5.32 Å². The maximum atomic E-state index is 13.2. The van der Waals surface area contributed by atoms with Gasteiger partial charge in [0.05, 0.1) is 5.02 Å². The number of hydrogen-bond acceptors (Lipinski definition) is 1. The van der Waals surface area contributed by atoms with Crippen LogP contribution in [0.4, 0.5) is 10.1 Å². The van der Waals surface area contributed by atoms with Crippen molar-refractivity contribution >= 4 is 40.5 Å². The Morgan fingerprint density at radius 1 is 0.944 bits per heavy atom.